The Balaban J connectivity index is 1.56. The van der Waals surface area contributed by atoms with E-state index < -0.39 is 0 Å². The third kappa shape index (κ3) is 2.71. The van der Waals surface area contributed by atoms with Crippen molar-refractivity contribution in [1.82, 2.24) is 5.32 Å². The number of rotatable bonds is 4. The monoisotopic (exact) mass is 273 g/mol. The van der Waals surface area contributed by atoms with E-state index in [0.29, 0.717) is 5.41 Å². The summed E-state index contributed by atoms with van der Waals surface area (Å²) in [4.78, 5) is 0. The summed E-state index contributed by atoms with van der Waals surface area (Å²) < 4.78 is 5.30. The highest BCUT2D eigenvalue weighted by Gasteiger charge is 2.47. The number of methoxy groups -OCH3 is 1. The SMILES string of the molecule is COc1cccc(CNC2CCC23CCC(C)CC3)c1. The molecule has 0 amide bonds. The summed E-state index contributed by atoms with van der Waals surface area (Å²) in [5, 5.41) is 3.81. The van der Waals surface area contributed by atoms with Gasteiger partial charge in [0.1, 0.15) is 5.75 Å². The van der Waals surface area contributed by atoms with Crippen LogP contribution >= 0.6 is 0 Å². The first kappa shape index (κ1) is 13.9. The minimum Gasteiger partial charge on any atom is -0.497 e. The van der Waals surface area contributed by atoms with Crippen LogP contribution < -0.4 is 10.1 Å². The smallest absolute Gasteiger partial charge is 0.119 e. The first-order chi connectivity index (χ1) is 9.72. The fraction of sp³-hybridized carbons (Fsp3) is 0.667. The predicted molar refractivity (Wildman–Crippen MR) is 82.9 cm³/mol. The lowest BCUT2D eigenvalue weighted by Gasteiger charge is -2.53. The summed E-state index contributed by atoms with van der Waals surface area (Å²) in [5.74, 6) is 1.90. The minimum absolute atomic E-state index is 0.630. The molecule has 2 nitrogen and oxygen atoms in total. The normalized spacial score (nSPS) is 32.9. The number of hydrogen-bond acceptors (Lipinski definition) is 2. The number of ether oxygens (including phenoxy) is 1. The van der Waals surface area contributed by atoms with Gasteiger partial charge in [-0.1, -0.05) is 31.9 Å². The number of benzene rings is 1. The molecule has 0 radical (unpaired) electrons. The maximum Gasteiger partial charge on any atom is 0.119 e. The van der Waals surface area contributed by atoms with E-state index in [1.807, 2.05) is 6.07 Å². The van der Waals surface area contributed by atoms with E-state index in [0.717, 1.165) is 24.3 Å². The largest absolute Gasteiger partial charge is 0.497 e. The lowest BCUT2D eigenvalue weighted by Crippen LogP contribution is -2.54. The zero-order valence-corrected chi connectivity index (χ0v) is 12.8. The third-order valence-corrected chi connectivity index (χ3v) is 5.63. The Hall–Kier alpha value is -1.02. The van der Waals surface area contributed by atoms with E-state index in [2.05, 4.69) is 30.4 Å². The van der Waals surface area contributed by atoms with Gasteiger partial charge in [-0.2, -0.15) is 0 Å². The van der Waals surface area contributed by atoms with Gasteiger partial charge in [-0.05, 0) is 54.7 Å². The Labute approximate surface area is 122 Å². The van der Waals surface area contributed by atoms with Crippen LogP contribution in [0.5, 0.6) is 5.75 Å². The molecule has 2 saturated carbocycles. The van der Waals surface area contributed by atoms with Crippen molar-refractivity contribution >= 4 is 0 Å². The molecule has 1 unspecified atom stereocenters. The van der Waals surface area contributed by atoms with Crippen molar-refractivity contribution in [2.24, 2.45) is 11.3 Å². The van der Waals surface area contributed by atoms with E-state index in [1.54, 1.807) is 7.11 Å². The molecule has 1 aromatic rings. The zero-order chi connectivity index (χ0) is 14.0. The quantitative estimate of drug-likeness (QED) is 0.890. The fourth-order valence-electron chi connectivity index (χ4n) is 3.97. The average Bonchev–Trinajstić information content (AvgIpc) is 2.47. The molecular formula is C18H27NO. The maximum absolute atomic E-state index is 5.30. The molecular weight excluding hydrogens is 246 g/mol. The van der Waals surface area contributed by atoms with Gasteiger partial charge in [0.25, 0.3) is 0 Å². The molecule has 0 heterocycles. The maximum atomic E-state index is 5.30. The Bertz CT molecular complexity index is 448. The molecule has 20 heavy (non-hydrogen) atoms. The molecule has 1 spiro atoms. The van der Waals surface area contributed by atoms with Crippen LogP contribution in [0.1, 0.15) is 51.0 Å². The van der Waals surface area contributed by atoms with Crippen LogP contribution in [0.25, 0.3) is 0 Å². The van der Waals surface area contributed by atoms with Gasteiger partial charge in [-0.25, -0.2) is 0 Å². The van der Waals surface area contributed by atoms with Crippen molar-refractivity contribution in [3.05, 3.63) is 29.8 Å². The molecule has 1 aromatic carbocycles. The van der Waals surface area contributed by atoms with E-state index in [-0.39, 0.29) is 0 Å². The summed E-state index contributed by atoms with van der Waals surface area (Å²) in [6.07, 6.45) is 8.52. The summed E-state index contributed by atoms with van der Waals surface area (Å²) >= 11 is 0. The van der Waals surface area contributed by atoms with Crippen molar-refractivity contribution in [1.29, 1.82) is 0 Å². The molecule has 0 aromatic heterocycles. The van der Waals surface area contributed by atoms with E-state index in [1.165, 1.54) is 44.1 Å². The standard InChI is InChI=1S/C18H27NO/c1-14-6-9-18(10-7-14)11-8-17(18)19-13-15-4-3-5-16(12-15)20-2/h3-5,12,14,17,19H,6-11,13H2,1-2H3. The van der Waals surface area contributed by atoms with Gasteiger partial charge in [0.05, 0.1) is 7.11 Å². The highest BCUT2D eigenvalue weighted by molar-refractivity contribution is 5.28. The molecule has 2 aliphatic carbocycles. The fourth-order valence-corrected chi connectivity index (χ4v) is 3.97. The Morgan fingerprint density at radius 2 is 1.95 bits per heavy atom. The Morgan fingerprint density at radius 3 is 2.60 bits per heavy atom. The topological polar surface area (TPSA) is 21.3 Å². The van der Waals surface area contributed by atoms with Gasteiger partial charge in [-0.15, -0.1) is 0 Å². The molecule has 0 aliphatic heterocycles. The first-order valence-corrected chi connectivity index (χ1v) is 8.08. The minimum atomic E-state index is 0.630. The van der Waals surface area contributed by atoms with E-state index in [4.69, 9.17) is 4.74 Å². The summed E-state index contributed by atoms with van der Waals surface area (Å²) in [7, 11) is 1.73. The van der Waals surface area contributed by atoms with Crippen LogP contribution in [0.3, 0.4) is 0 Å². The van der Waals surface area contributed by atoms with Crippen LogP contribution in [0.4, 0.5) is 0 Å². The molecule has 1 atom stereocenters. The number of nitrogens with one attached hydrogen (secondary N) is 1. The molecule has 3 rings (SSSR count). The highest BCUT2D eigenvalue weighted by Crippen LogP contribution is 2.52. The third-order valence-electron chi connectivity index (χ3n) is 5.63. The second kappa shape index (κ2) is 5.77. The van der Waals surface area contributed by atoms with Crippen LogP contribution in [-0.4, -0.2) is 13.2 Å². The zero-order valence-electron chi connectivity index (χ0n) is 12.8. The lowest BCUT2D eigenvalue weighted by atomic mass is 9.56. The molecule has 1 N–H and O–H groups in total. The van der Waals surface area contributed by atoms with Crippen molar-refractivity contribution in [2.75, 3.05) is 7.11 Å². The van der Waals surface area contributed by atoms with Gasteiger partial charge in [0.2, 0.25) is 0 Å². The van der Waals surface area contributed by atoms with E-state index >= 15 is 0 Å². The first-order valence-electron chi connectivity index (χ1n) is 8.08. The van der Waals surface area contributed by atoms with Gasteiger partial charge in [0, 0.05) is 12.6 Å². The summed E-state index contributed by atoms with van der Waals surface area (Å²) in [5.41, 5.74) is 1.96. The van der Waals surface area contributed by atoms with Gasteiger partial charge in [-0.3, -0.25) is 0 Å². The molecule has 2 heteroatoms. The van der Waals surface area contributed by atoms with Gasteiger partial charge >= 0.3 is 0 Å². The van der Waals surface area contributed by atoms with Crippen LogP contribution in [0.15, 0.2) is 24.3 Å². The van der Waals surface area contributed by atoms with Crippen molar-refractivity contribution < 1.29 is 4.74 Å². The van der Waals surface area contributed by atoms with Crippen molar-refractivity contribution in [3.63, 3.8) is 0 Å². The average molecular weight is 273 g/mol. The molecule has 2 aliphatic rings. The van der Waals surface area contributed by atoms with Gasteiger partial charge in [0.15, 0.2) is 0 Å². The van der Waals surface area contributed by atoms with Crippen LogP contribution in [0.2, 0.25) is 0 Å². The predicted octanol–water partition coefficient (Wildman–Crippen LogP) is 4.14. The molecule has 110 valence electrons. The van der Waals surface area contributed by atoms with E-state index in [9.17, 15) is 0 Å². The second-order valence-corrected chi connectivity index (χ2v) is 6.87. The summed E-state index contributed by atoms with van der Waals surface area (Å²) in [6.45, 7) is 3.38. The highest BCUT2D eigenvalue weighted by atomic mass is 16.5. The Kier molecular flexibility index (Phi) is 4.02. The lowest BCUT2D eigenvalue weighted by molar-refractivity contribution is 0.00923. The molecule has 0 saturated heterocycles. The summed E-state index contributed by atoms with van der Waals surface area (Å²) in [6, 6.07) is 9.15. The molecule has 2 fully saturated rings. The van der Waals surface area contributed by atoms with Crippen molar-refractivity contribution in [2.45, 2.75) is 58.0 Å². The molecule has 0 bridgehead atoms. The van der Waals surface area contributed by atoms with Crippen LogP contribution in [0, 0.1) is 11.3 Å². The van der Waals surface area contributed by atoms with Crippen LogP contribution in [-0.2, 0) is 6.54 Å². The Morgan fingerprint density at radius 1 is 1.20 bits per heavy atom. The van der Waals surface area contributed by atoms with Crippen molar-refractivity contribution in [3.8, 4) is 5.75 Å². The number of hydrogen-bond donors (Lipinski definition) is 1. The van der Waals surface area contributed by atoms with Gasteiger partial charge < -0.3 is 10.1 Å². The second-order valence-electron chi connectivity index (χ2n) is 6.87.